The third kappa shape index (κ3) is 2.92. The number of carbonyl (C=O) groups excluding carboxylic acids is 1. The van der Waals surface area contributed by atoms with Crippen molar-refractivity contribution in [2.24, 2.45) is 11.7 Å². The number of amides is 1. The van der Waals surface area contributed by atoms with Gasteiger partial charge in [0.2, 0.25) is 5.91 Å². The van der Waals surface area contributed by atoms with Gasteiger partial charge in [0.05, 0.1) is 6.04 Å². The van der Waals surface area contributed by atoms with Gasteiger partial charge in [0.1, 0.15) is 0 Å². The largest absolute Gasteiger partial charge is 0.339 e. The highest BCUT2D eigenvalue weighted by Crippen LogP contribution is 2.10. The number of carbonyl (C=O) groups is 1. The van der Waals surface area contributed by atoms with Crippen LogP contribution in [0.5, 0.6) is 0 Å². The average molecular weight is 213 g/mol. The Morgan fingerprint density at radius 1 is 1.40 bits per heavy atom. The van der Waals surface area contributed by atoms with Gasteiger partial charge in [0.15, 0.2) is 0 Å². The molecule has 0 aromatic carbocycles. The summed E-state index contributed by atoms with van der Waals surface area (Å²) < 4.78 is 0. The van der Waals surface area contributed by atoms with E-state index in [1.165, 1.54) is 0 Å². The summed E-state index contributed by atoms with van der Waals surface area (Å²) in [4.78, 5) is 16.1. The SMILES string of the molecule is CC(C)[C@H](N)C(=O)N1CCN(C)[C@@H](C)C1. The molecule has 0 aromatic heterocycles. The predicted molar refractivity (Wildman–Crippen MR) is 61.5 cm³/mol. The van der Waals surface area contributed by atoms with E-state index in [1.807, 2.05) is 18.7 Å². The first-order chi connectivity index (χ1) is 6.93. The maximum Gasteiger partial charge on any atom is 0.239 e. The Bertz CT molecular complexity index is 230. The minimum atomic E-state index is -0.347. The zero-order valence-corrected chi connectivity index (χ0v) is 10.2. The van der Waals surface area contributed by atoms with Gasteiger partial charge >= 0.3 is 0 Å². The van der Waals surface area contributed by atoms with Gasteiger partial charge in [-0.2, -0.15) is 0 Å². The monoisotopic (exact) mass is 213 g/mol. The van der Waals surface area contributed by atoms with Crippen molar-refractivity contribution in [3.05, 3.63) is 0 Å². The summed E-state index contributed by atoms with van der Waals surface area (Å²) in [5, 5.41) is 0. The van der Waals surface area contributed by atoms with Crippen molar-refractivity contribution in [2.75, 3.05) is 26.7 Å². The molecule has 1 saturated heterocycles. The van der Waals surface area contributed by atoms with E-state index in [0.29, 0.717) is 6.04 Å². The molecule has 1 heterocycles. The summed E-state index contributed by atoms with van der Waals surface area (Å²) in [5.74, 6) is 0.317. The Balaban J connectivity index is 2.54. The highest BCUT2D eigenvalue weighted by atomic mass is 16.2. The van der Waals surface area contributed by atoms with Crippen LogP contribution >= 0.6 is 0 Å². The highest BCUT2D eigenvalue weighted by molar-refractivity contribution is 5.82. The number of rotatable bonds is 2. The van der Waals surface area contributed by atoms with E-state index in [4.69, 9.17) is 5.73 Å². The Labute approximate surface area is 92.4 Å². The lowest BCUT2D eigenvalue weighted by atomic mass is 10.0. The number of nitrogens with zero attached hydrogens (tertiary/aromatic N) is 2. The minimum Gasteiger partial charge on any atom is -0.339 e. The van der Waals surface area contributed by atoms with E-state index in [1.54, 1.807) is 0 Å². The standard InChI is InChI=1S/C11H23N3O/c1-8(2)10(12)11(15)14-6-5-13(4)9(3)7-14/h8-10H,5-7,12H2,1-4H3/t9-,10-/m0/s1. The lowest BCUT2D eigenvalue weighted by Gasteiger charge is -2.39. The Kier molecular flexibility index (Phi) is 4.11. The van der Waals surface area contributed by atoms with Crippen LogP contribution in [0.4, 0.5) is 0 Å². The van der Waals surface area contributed by atoms with Gasteiger partial charge in [-0.25, -0.2) is 0 Å². The van der Waals surface area contributed by atoms with E-state index in [-0.39, 0.29) is 17.9 Å². The Hall–Kier alpha value is -0.610. The topological polar surface area (TPSA) is 49.6 Å². The zero-order chi connectivity index (χ0) is 11.6. The molecule has 2 atom stereocenters. The van der Waals surface area contributed by atoms with E-state index >= 15 is 0 Å². The smallest absolute Gasteiger partial charge is 0.239 e. The second kappa shape index (κ2) is 4.94. The molecule has 1 rings (SSSR count). The van der Waals surface area contributed by atoms with Crippen LogP contribution < -0.4 is 5.73 Å². The molecule has 0 aliphatic carbocycles. The second-order valence-corrected chi connectivity index (χ2v) is 4.88. The highest BCUT2D eigenvalue weighted by Gasteiger charge is 2.28. The molecule has 0 bridgehead atoms. The fourth-order valence-electron chi connectivity index (χ4n) is 1.74. The minimum absolute atomic E-state index is 0.102. The molecule has 4 heteroatoms. The van der Waals surface area contributed by atoms with E-state index < -0.39 is 0 Å². The number of likely N-dealkylation sites (N-methyl/N-ethyl adjacent to an activating group) is 1. The molecule has 0 aromatic rings. The molecule has 1 fully saturated rings. The number of hydrogen-bond donors (Lipinski definition) is 1. The maximum atomic E-state index is 12.0. The molecule has 1 aliphatic heterocycles. The molecule has 0 spiro atoms. The van der Waals surface area contributed by atoms with Crippen LogP contribution in [-0.2, 0) is 4.79 Å². The van der Waals surface area contributed by atoms with Crippen LogP contribution in [-0.4, -0.2) is 54.5 Å². The summed E-state index contributed by atoms with van der Waals surface area (Å²) in [6.45, 7) is 8.66. The van der Waals surface area contributed by atoms with Crippen LogP contribution in [0.2, 0.25) is 0 Å². The van der Waals surface area contributed by atoms with Gasteiger partial charge in [0, 0.05) is 25.7 Å². The van der Waals surface area contributed by atoms with Gasteiger partial charge in [-0.1, -0.05) is 13.8 Å². The Morgan fingerprint density at radius 2 is 2.00 bits per heavy atom. The van der Waals surface area contributed by atoms with Crippen molar-refractivity contribution < 1.29 is 4.79 Å². The molecule has 1 amide bonds. The van der Waals surface area contributed by atoms with Gasteiger partial charge < -0.3 is 15.5 Å². The van der Waals surface area contributed by atoms with Crippen LogP contribution in [0.25, 0.3) is 0 Å². The first kappa shape index (κ1) is 12.5. The fraction of sp³-hybridized carbons (Fsp3) is 0.909. The summed E-state index contributed by atoms with van der Waals surface area (Å²) in [5.41, 5.74) is 5.87. The van der Waals surface area contributed by atoms with Gasteiger partial charge in [-0.15, -0.1) is 0 Å². The fourth-order valence-corrected chi connectivity index (χ4v) is 1.74. The number of piperazine rings is 1. The number of nitrogens with two attached hydrogens (primary N) is 1. The molecule has 1 aliphatic rings. The molecule has 88 valence electrons. The van der Waals surface area contributed by atoms with Crippen molar-refractivity contribution >= 4 is 5.91 Å². The van der Waals surface area contributed by atoms with Crippen LogP contribution in [0.3, 0.4) is 0 Å². The second-order valence-electron chi connectivity index (χ2n) is 4.88. The van der Waals surface area contributed by atoms with Gasteiger partial charge in [-0.3, -0.25) is 4.79 Å². The van der Waals surface area contributed by atoms with Crippen molar-refractivity contribution in [1.82, 2.24) is 9.80 Å². The van der Waals surface area contributed by atoms with Crippen LogP contribution in [0, 0.1) is 5.92 Å². The molecule has 0 radical (unpaired) electrons. The molecule has 4 nitrogen and oxygen atoms in total. The van der Waals surface area contributed by atoms with Crippen LogP contribution in [0.1, 0.15) is 20.8 Å². The normalized spacial score (nSPS) is 25.7. The molecular weight excluding hydrogens is 190 g/mol. The molecule has 2 N–H and O–H groups in total. The molecule has 15 heavy (non-hydrogen) atoms. The lowest BCUT2D eigenvalue weighted by molar-refractivity contribution is -0.136. The molecular formula is C11H23N3O. The third-order valence-corrected chi connectivity index (χ3v) is 3.27. The lowest BCUT2D eigenvalue weighted by Crippen LogP contribution is -2.56. The average Bonchev–Trinajstić information content (AvgIpc) is 2.19. The zero-order valence-electron chi connectivity index (χ0n) is 10.2. The van der Waals surface area contributed by atoms with Crippen molar-refractivity contribution in [3.8, 4) is 0 Å². The van der Waals surface area contributed by atoms with Gasteiger partial charge in [-0.05, 0) is 19.9 Å². The summed E-state index contributed by atoms with van der Waals surface area (Å²) in [7, 11) is 2.09. The first-order valence-electron chi connectivity index (χ1n) is 5.68. The number of hydrogen-bond acceptors (Lipinski definition) is 3. The Morgan fingerprint density at radius 3 is 2.47 bits per heavy atom. The predicted octanol–water partition coefficient (Wildman–Crippen LogP) is 0.132. The maximum absolute atomic E-state index is 12.0. The van der Waals surface area contributed by atoms with Gasteiger partial charge in [0.25, 0.3) is 0 Å². The molecule has 0 unspecified atom stereocenters. The third-order valence-electron chi connectivity index (χ3n) is 3.27. The van der Waals surface area contributed by atoms with E-state index in [0.717, 1.165) is 19.6 Å². The van der Waals surface area contributed by atoms with E-state index in [9.17, 15) is 4.79 Å². The van der Waals surface area contributed by atoms with E-state index in [2.05, 4.69) is 18.9 Å². The summed E-state index contributed by atoms with van der Waals surface area (Å²) in [6.07, 6.45) is 0. The van der Waals surface area contributed by atoms with Crippen LogP contribution in [0.15, 0.2) is 0 Å². The summed E-state index contributed by atoms with van der Waals surface area (Å²) >= 11 is 0. The first-order valence-corrected chi connectivity index (χ1v) is 5.68. The quantitative estimate of drug-likeness (QED) is 0.709. The van der Waals surface area contributed by atoms with Crippen molar-refractivity contribution in [2.45, 2.75) is 32.9 Å². The summed E-state index contributed by atoms with van der Waals surface area (Å²) in [6, 6.07) is 0.0858. The van der Waals surface area contributed by atoms with Crippen molar-refractivity contribution in [1.29, 1.82) is 0 Å². The van der Waals surface area contributed by atoms with Crippen molar-refractivity contribution in [3.63, 3.8) is 0 Å². The molecule has 0 saturated carbocycles.